The number of esters is 1. The Hall–Kier alpha value is -1.20. The van der Waals surface area contributed by atoms with Crippen molar-refractivity contribution in [1.29, 1.82) is 0 Å². The summed E-state index contributed by atoms with van der Waals surface area (Å²) in [6.07, 6.45) is 6.81. The first kappa shape index (κ1) is 21.6. The number of Topliss-reactive ketones (excluding diaryl/α,β-unsaturated/α-hetero) is 1. The Labute approximate surface area is 185 Å². The molecule has 0 aromatic rings. The maximum Gasteiger partial charge on any atom is 0.302 e. The highest BCUT2D eigenvalue weighted by molar-refractivity contribution is 5.85. The zero-order chi connectivity index (χ0) is 22.3. The topological polar surface area (TPSA) is 72.8 Å². The molecule has 5 aliphatic rings. The van der Waals surface area contributed by atoms with Gasteiger partial charge in [-0.05, 0) is 66.3 Å². The number of ketones is 1. The fraction of sp³-hybridized carbons (Fsp3) is 0.846. The van der Waals surface area contributed by atoms with E-state index in [0.717, 1.165) is 32.1 Å². The van der Waals surface area contributed by atoms with Crippen LogP contribution in [-0.2, 0) is 19.1 Å². The second-order valence-electron chi connectivity index (χ2n) is 12.1. The number of ether oxygens (including phenoxy) is 2. The lowest BCUT2D eigenvalue weighted by Gasteiger charge is -2.68. The Balaban J connectivity index is 1.58. The highest BCUT2D eigenvalue weighted by atomic mass is 16.6. The van der Waals surface area contributed by atoms with Crippen LogP contribution in [0.5, 0.6) is 0 Å². The fourth-order valence-corrected chi connectivity index (χ4v) is 9.18. The number of aliphatic hydroxyl groups excluding tert-OH is 1. The minimum Gasteiger partial charge on any atom is -0.462 e. The Morgan fingerprint density at radius 2 is 1.90 bits per heavy atom. The maximum absolute atomic E-state index is 12.8. The molecule has 0 bridgehead atoms. The van der Waals surface area contributed by atoms with Gasteiger partial charge >= 0.3 is 5.97 Å². The number of rotatable bonds is 1. The van der Waals surface area contributed by atoms with Gasteiger partial charge in [0.15, 0.2) is 6.29 Å². The second kappa shape index (κ2) is 6.90. The standard InChI is InChI=1S/C26H38O5/c1-14(27)31-17-12-19-25(4,16-7-6-15-13-30-23(29)21(15)22(16)17)10-8-18-24(2,3)20(28)9-11-26(18,19)5/h6,16-19,21-23,29H,7-13H2,1-5H3/t16-,17-,18+,19+,21+,22?,23-,25+,26+/m1/s1. The van der Waals surface area contributed by atoms with Crippen molar-refractivity contribution in [3.05, 3.63) is 11.6 Å². The van der Waals surface area contributed by atoms with Crippen LogP contribution in [0, 0.1) is 45.8 Å². The first-order valence-electron chi connectivity index (χ1n) is 12.2. The van der Waals surface area contributed by atoms with Crippen LogP contribution in [0.25, 0.3) is 0 Å². The molecule has 5 heteroatoms. The molecule has 1 saturated heterocycles. The molecule has 1 unspecified atom stereocenters. The summed E-state index contributed by atoms with van der Waals surface area (Å²) in [4.78, 5) is 25.0. The molecule has 0 spiro atoms. The Kier molecular flexibility index (Phi) is 4.81. The maximum atomic E-state index is 12.8. The lowest BCUT2D eigenvalue weighted by molar-refractivity contribution is -0.221. The van der Waals surface area contributed by atoms with Gasteiger partial charge in [0.05, 0.1) is 6.61 Å². The normalized spacial score (nSPS) is 50.5. The number of hydrogen-bond donors (Lipinski definition) is 1. The van der Waals surface area contributed by atoms with E-state index in [1.807, 2.05) is 0 Å². The van der Waals surface area contributed by atoms with Crippen LogP contribution in [0.3, 0.4) is 0 Å². The van der Waals surface area contributed by atoms with Gasteiger partial charge in [-0.25, -0.2) is 0 Å². The molecule has 0 aromatic heterocycles. The van der Waals surface area contributed by atoms with Crippen LogP contribution in [0.15, 0.2) is 11.6 Å². The van der Waals surface area contributed by atoms with E-state index in [4.69, 9.17) is 9.47 Å². The van der Waals surface area contributed by atoms with Gasteiger partial charge in [0.2, 0.25) is 0 Å². The monoisotopic (exact) mass is 430 g/mol. The molecule has 4 aliphatic carbocycles. The van der Waals surface area contributed by atoms with E-state index in [2.05, 4.69) is 33.8 Å². The number of allylic oxidation sites excluding steroid dienone is 1. The fourth-order valence-electron chi connectivity index (χ4n) is 9.18. The van der Waals surface area contributed by atoms with Crippen molar-refractivity contribution in [1.82, 2.24) is 0 Å². The molecule has 31 heavy (non-hydrogen) atoms. The molecule has 0 aromatic carbocycles. The molecule has 0 radical (unpaired) electrons. The van der Waals surface area contributed by atoms with Crippen molar-refractivity contribution in [3.8, 4) is 0 Å². The number of aliphatic hydroxyl groups is 1. The lowest BCUT2D eigenvalue weighted by atomic mass is 9.37. The van der Waals surface area contributed by atoms with Crippen molar-refractivity contribution in [2.75, 3.05) is 6.61 Å². The molecule has 1 aliphatic heterocycles. The van der Waals surface area contributed by atoms with Gasteiger partial charge in [-0.3, -0.25) is 9.59 Å². The van der Waals surface area contributed by atoms with Crippen molar-refractivity contribution in [2.24, 2.45) is 45.8 Å². The van der Waals surface area contributed by atoms with E-state index < -0.39 is 6.29 Å². The molecule has 3 saturated carbocycles. The average Bonchev–Trinajstić information content (AvgIpc) is 3.07. The van der Waals surface area contributed by atoms with E-state index in [-0.39, 0.29) is 40.2 Å². The Morgan fingerprint density at radius 3 is 2.61 bits per heavy atom. The molecule has 172 valence electrons. The van der Waals surface area contributed by atoms with Gasteiger partial charge in [0.25, 0.3) is 0 Å². The first-order valence-corrected chi connectivity index (χ1v) is 12.2. The summed E-state index contributed by atoms with van der Waals surface area (Å²) in [5.41, 5.74) is 1.05. The summed E-state index contributed by atoms with van der Waals surface area (Å²) in [6.45, 7) is 11.1. The quantitative estimate of drug-likeness (QED) is 0.497. The number of carbonyl (C=O) groups excluding carboxylic acids is 2. The van der Waals surface area contributed by atoms with Crippen LogP contribution in [0.4, 0.5) is 0 Å². The van der Waals surface area contributed by atoms with Crippen LogP contribution < -0.4 is 0 Å². The summed E-state index contributed by atoms with van der Waals surface area (Å²) < 4.78 is 11.6. The molecule has 5 rings (SSSR count). The molecule has 5 nitrogen and oxygen atoms in total. The largest absolute Gasteiger partial charge is 0.462 e. The Morgan fingerprint density at radius 1 is 1.16 bits per heavy atom. The van der Waals surface area contributed by atoms with Gasteiger partial charge in [0, 0.05) is 30.6 Å². The third kappa shape index (κ3) is 2.88. The zero-order valence-electron chi connectivity index (χ0n) is 19.6. The van der Waals surface area contributed by atoms with Crippen molar-refractivity contribution < 1.29 is 24.2 Å². The van der Waals surface area contributed by atoms with Gasteiger partial charge in [-0.1, -0.05) is 33.8 Å². The van der Waals surface area contributed by atoms with E-state index in [0.29, 0.717) is 36.6 Å². The summed E-state index contributed by atoms with van der Waals surface area (Å²) in [6, 6.07) is 0. The highest BCUT2D eigenvalue weighted by Crippen LogP contribution is 2.70. The van der Waals surface area contributed by atoms with Gasteiger partial charge in [-0.2, -0.15) is 0 Å². The van der Waals surface area contributed by atoms with Crippen LogP contribution >= 0.6 is 0 Å². The SMILES string of the molecule is CC(=O)O[C@@H]1C[C@H]2[C@@](C)(CC[C@H]3C(C)(C)C(=O)CC[C@]23C)[C@@H]2CC=C3CO[C@@H](O)[C@@H]3C21. The van der Waals surface area contributed by atoms with E-state index in [1.165, 1.54) is 12.5 Å². The van der Waals surface area contributed by atoms with Crippen molar-refractivity contribution >= 4 is 11.8 Å². The van der Waals surface area contributed by atoms with Crippen LogP contribution in [-0.4, -0.2) is 35.9 Å². The van der Waals surface area contributed by atoms with Crippen molar-refractivity contribution in [2.45, 2.75) is 85.5 Å². The van der Waals surface area contributed by atoms with E-state index in [1.54, 1.807) is 0 Å². The molecular weight excluding hydrogens is 392 g/mol. The summed E-state index contributed by atoms with van der Waals surface area (Å²) in [7, 11) is 0. The molecule has 0 amide bonds. The van der Waals surface area contributed by atoms with Gasteiger partial charge < -0.3 is 14.6 Å². The molecule has 4 fully saturated rings. The van der Waals surface area contributed by atoms with Gasteiger partial charge in [-0.15, -0.1) is 0 Å². The highest BCUT2D eigenvalue weighted by Gasteiger charge is 2.67. The molecular formula is C26H38O5. The molecule has 1 N–H and O–H groups in total. The summed E-state index contributed by atoms with van der Waals surface area (Å²) in [5.74, 6) is 1.29. The first-order chi connectivity index (χ1) is 14.5. The summed E-state index contributed by atoms with van der Waals surface area (Å²) in [5, 5.41) is 10.7. The van der Waals surface area contributed by atoms with E-state index >= 15 is 0 Å². The molecule has 9 atom stereocenters. The molecule has 1 heterocycles. The zero-order valence-corrected chi connectivity index (χ0v) is 19.6. The number of carbonyl (C=O) groups is 2. The predicted molar refractivity (Wildman–Crippen MR) is 116 cm³/mol. The van der Waals surface area contributed by atoms with Gasteiger partial charge in [0.1, 0.15) is 11.9 Å². The number of hydrogen-bond acceptors (Lipinski definition) is 5. The Bertz CT molecular complexity index is 830. The van der Waals surface area contributed by atoms with E-state index in [9.17, 15) is 14.7 Å². The predicted octanol–water partition coefficient (Wildman–Crippen LogP) is 4.28. The number of fused-ring (bicyclic) bond motifs is 7. The average molecular weight is 431 g/mol. The van der Waals surface area contributed by atoms with Crippen LogP contribution in [0.1, 0.15) is 73.1 Å². The second-order valence-corrected chi connectivity index (χ2v) is 12.1. The third-order valence-corrected chi connectivity index (χ3v) is 10.6. The lowest BCUT2D eigenvalue weighted by Crippen LogP contribution is -2.64. The minimum atomic E-state index is -0.810. The third-order valence-electron chi connectivity index (χ3n) is 10.6. The van der Waals surface area contributed by atoms with Crippen LogP contribution in [0.2, 0.25) is 0 Å². The summed E-state index contributed by atoms with van der Waals surface area (Å²) >= 11 is 0. The smallest absolute Gasteiger partial charge is 0.302 e. The van der Waals surface area contributed by atoms with Crippen molar-refractivity contribution in [3.63, 3.8) is 0 Å². The minimum absolute atomic E-state index is 0.0581.